The SMILES string of the molecule is CN(Cc1cccc(Cl)c1)C(=O)C1CC(=O)N(c2ccc3c(c2)OCCO3)C1. The Labute approximate surface area is 168 Å². The van der Waals surface area contributed by atoms with Crippen molar-refractivity contribution in [3.63, 3.8) is 0 Å². The number of rotatable bonds is 4. The fourth-order valence-electron chi connectivity index (χ4n) is 3.62. The molecule has 0 saturated carbocycles. The van der Waals surface area contributed by atoms with E-state index in [0.29, 0.717) is 42.8 Å². The second-order valence-corrected chi connectivity index (χ2v) is 7.49. The average molecular weight is 401 g/mol. The van der Waals surface area contributed by atoms with Crippen LogP contribution in [0.4, 0.5) is 5.69 Å². The summed E-state index contributed by atoms with van der Waals surface area (Å²) in [6.45, 7) is 1.82. The maximum atomic E-state index is 12.9. The largest absolute Gasteiger partial charge is 0.486 e. The Bertz CT molecular complexity index is 917. The highest BCUT2D eigenvalue weighted by Gasteiger charge is 2.36. The molecule has 2 amide bonds. The van der Waals surface area contributed by atoms with Crippen molar-refractivity contribution in [2.75, 3.05) is 31.7 Å². The monoisotopic (exact) mass is 400 g/mol. The lowest BCUT2D eigenvalue weighted by Gasteiger charge is -2.23. The zero-order valence-corrected chi connectivity index (χ0v) is 16.3. The van der Waals surface area contributed by atoms with Crippen LogP contribution >= 0.6 is 11.6 Å². The number of carbonyl (C=O) groups excluding carboxylic acids is 2. The summed E-state index contributed by atoms with van der Waals surface area (Å²) in [6, 6.07) is 12.9. The third-order valence-electron chi connectivity index (χ3n) is 5.00. The molecule has 0 spiro atoms. The highest BCUT2D eigenvalue weighted by molar-refractivity contribution is 6.30. The molecule has 1 saturated heterocycles. The Kier molecular flexibility index (Phi) is 5.13. The third kappa shape index (κ3) is 3.78. The summed E-state index contributed by atoms with van der Waals surface area (Å²) in [5, 5.41) is 0.638. The van der Waals surface area contributed by atoms with E-state index in [4.69, 9.17) is 21.1 Å². The second kappa shape index (κ2) is 7.72. The number of halogens is 1. The number of carbonyl (C=O) groups is 2. The number of hydrogen-bond donors (Lipinski definition) is 0. The van der Waals surface area contributed by atoms with E-state index in [9.17, 15) is 9.59 Å². The van der Waals surface area contributed by atoms with Gasteiger partial charge >= 0.3 is 0 Å². The molecule has 6 nitrogen and oxygen atoms in total. The summed E-state index contributed by atoms with van der Waals surface area (Å²) < 4.78 is 11.1. The predicted octanol–water partition coefficient (Wildman–Crippen LogP) is 3.12. The Balaban J connectivity index is 1.44. The molecule has 1 unspecified atom stereocenters. The maximum absolute atomic E-state index is 12.9. The fourth-order valence-corrected chi connectivity index (χ4v) is 3.83. The Morgan fingerprint density at radius 2 is 1.96 bits per heavy atom. The van der Waals surface area contributed by atoms with Gasteiger partial charge in [-0.25, -0.2) is 0 Å². The van der Waals surface area contributed by atoms with Crippen LogP contribution in [0.25, 0.3) is 0 Å². The van der Waals surface area contributed by atoms with Crippen LogP contribution in [-0.4, -0.2) is 43.5 Å². The first kappa shape index (κ1) is 18.6. The van der Waals surface area contributed by atoms with E-state index < -0.39 is 0 Å². The van der Waals surface area contributed by atoms with Crippen molar-refractivity contribution in [3.05, 3.63) is 53.1 Å². The number of nitrogens with zero attached hydrogens (tertiary/aromatic N) is 2. The quantitative estimate of drug-likeness (QED) is 0.791. The van der Waals surface area contributed by atoms with E-state index in [0.717, 1.165) is 11.3 Å². The summed E-state index contributed by atoms with van der Waals surface area (Å²) in [4.78, 5) is 28.7. The van der Waals surface area contributed by atoms with E-state index in [1.165, 1.54) is 0 Å². The minimum atomic E-state index is -0.370. The Hall–Kier alpha value is -2.73. The normalized spacial score (nSPS) is 18.3. The van der Waals surface area contributed by atoms with E-state index in [2.05, 4.69) is 0 Å². The van der Waals surface area contributed by atoms with Gasteiger partial charge in [0.25, 0.3) is 0 Å². The molecular weight excluding hydrogens is 380 g/mol. The number of fused-ring (bicyclic) bond motifs is 1. The van der Waals surface area contributed by atoms with Crippen molar-refractivity contribution in [1.82, 2.24) is 4.90 Å². The van der Waals surface area contributed by atoms with Gasteiger partial charge < -0.3 is 19.3 Å². The summed E-state index contributed by atoms with van der Waals surface area (Å²) in [5.74, 6) is 0.823. The lowest BCUT2D eigenvalue weighted by molar-refractivity contribution is -0.135. The van der Waals surface area contributed by atoms with Gasteiger partial charge in [0.1, 0.15) is 13.2 Å². The molecule has 0 radical (unpaired) electrons. The molecule has 2 aromatic rings. The zero-order valence-electron chi connectivity index (χ0n) is 15.6. The Morgan fingerprint density at radius 1 is 1.18 bits per heavy atom. The molecule has 28 heavy (non-hydrogen) atoms. The van der Waals surface area contributed by atoms with Gasteiger partial charge in [-0.05, 0) is 29.8 Å². The van der Waals surface area contributed by atoms with Crippen molar-refractivity contribution in [2.45, 2.75) is 13.0 Å². The fraction of sp³-hybridized carbons (Fsp3) is 0.333. The molecule has 0 aromatic heterocycles. The summed E-state index contributed by atoms with van der Waals surface area (Å²) in [5.41, 5.74) is 1.68. The molecular formula is C21H21ClN2O4. The number of ether oxygens (including phenoxy) is 2. The van der Waals surface area contributed by atoms with Crippen molar-refractivity contribution < 1.29 is 19.1 Å². The molecule has 4 rings (SSSR count). The van der Waals surface area contributed by atoms with Crippen LogP contribution < -0.4 is 14.4 Å². The zero-order chi connectivity index (χ0) is 19.7. The first-order valence-corrected chi connectivity index (χ1v) is 9.58. The predicted molar refractivity (Wildman–Crippen MR) is 106 cm³/mol. The standard InChI is InChI=1S/C21H21ClN2O4/c1-23(12-14-3-2-4-16(22)9-14)21(26)15-10-20(25)24(13-15)17-5-6-18-19(11-17)28-8-7-27-18/h2-6,9,11,15H,7-8,10,12-13H2,1H3. The van der Waals surface area contributed by atoms with Crippen LogP contribution in [-0.2, 0) is 16.1 Å². The summed E-state index contributed by atoms with van der Waals surface area (Å²) in [6.07, 6.45) is 0.202. The maximum Gasteiger partial charge on any atom is 0.228 e. The smallest absolute Gasteiger partial charge is 0.228 e. The van der Waals surface area contributed by atoms with Crippen molar-refractivity contribution in [2.24, 2.45) is 5.92 Å². The van der Waals surface area contributed by atoms with Crippen molar-refractivity contribution in [1.29, 1.82) is 0 Å². The van der Waals surface area contributed by atoms with Crippen LogP contribution in [0.1, 0.15) is 12.0 Å². The number of hydrogen-bond acceptors (Lipinski definition) is 4. The van der Waals surface area contributed by atoms with E-state index in [1.54, 1.807) is 35.0 Å². The van der Waals surface area contributed by atoms with Gasteiger partial charge in [-0.15, -0.1) is 0 Å². The summed E-state index contributed by atoms with van der Waals surface area (Å²) >= 11 is 6.02. The lowest BCUT2D eigenvalue weighted by atomic mass is 10.1. The first-order valence-electron chi connectivity index (χ1n) is 9.20. The highest BCUT2D eigenvalue weighted by atomic mass is 35.5. The van der Waals surface area contributed by atoms with Crippen LogP contribution in [0.15, 0.2) is 42.5 Å². The summed E-state index contributed by atoms with van der Waals surface area (Å²) in [7, 11) is 1.75. The molecule has 1 atom stereocenters. The molecule has 0 N–H and O–H groups in total. The van der Waals surface area contributed by atoms with E-state index in [1.807, 2.05) is 24.3 Å². The van der Waals surface area contributed by atoms with Gasteiger partial charge in [-0.2, -0.15) is 0 Å². The molecule has 146 valence electrons. The van der Waals surface area contributed by atoms with Gasteiger partial charge in [0.15, 0.2) is 11.5 Å². The Morgan fingerprint density at radius 3 is 2.75 bits per heavy atom. The van der Waals surface area contributed by atoms with Crippen LogP contribution in [0.2, 0.25) is 5.02 Å². The topological polar surface area (TPSA) is 59.1 Å². The van der Waals surface area contributed by atoms with Gasteiger partial charge in [0, 0.05) is 43.3 Å². The minimum absolute atomic E-state index is 0.0478. The van der Waals surface area contributed by atoms with Crippen LogP contribution in [0, 0.1) is 5.92 Å². The second-order valence-electron chi connectivity index (χ2n) is 7.06. The van der Waals surface area contributed by atoms with Crippen molar-refractivity contribution in [3.8, 4) is 11.5 Å². The first-order chi connectivity index (χ1) is 13.5. The van der Waals surface area contributed by atoms with Gasteiger partial charge in [0.05, 0.1) is 5.92 Å². The molecule has 0 bridgehead atoms. The number of amides is 2. The molecule has 2 heterocycles. The molecule has 1 fully saturated rings. The third-order valence-corrected chi connectivity index (χ3v) is 5.23. The van der Waals surface area contributed by atoms with E-state index >= 15 is 0 Å². The van der Waals surface area contributed by atoms with Gasteiger partial charge in [-0.3, -0.25) is 9.59 Å². The minimum Gasteiger partial charge on any atom is -0.486 e. The lowest BCUT2D eigenvalue weighted by Crippen LogP contribution is -2.34. The number of benzene rings is 2. The average Bonchev–Trinajstić information content (AvgIpc) is 3.08. The highest BCUT2D eigenvalue weighted by Crippen LogP contribution is 2.36. The molecule has 7 heteroatoms. The molecule has 2 aromatic carbocycles. The number of anilines is 1. The van der Waals surface area contributed by atoms with Gasteiger partial charge in [0.2, 0.25) is 11.8 Å². The van der Waals surface area contributed by atoms with Crippen molar-refractivity contribution >= 4 is 29.1 Å². The van der Waals surface area contributed by atoms with Crippen LogP contribution in [0.5, 0.6) is 11.5 Å². The van der Waals surface area contributed by atoms with Crippen LogP contribution in [0.3, 0.4) is 0 Å². The molecule has 2 aliphatic rings. The molecule has 2 aliphatic heterocycles. The van der Waals surface area contributed by atoms with E-state index in [-0.39, 0.29) is 24.2 Å². The molecule has 0 aliphatic carbocycles. The van der Waals surface area contributed by atoms with Gasteiger partial charge in [-0.1, -0.05) is 23.7 Å².